The summed E-state index contributed by atoms with van der Waals surface area (Å²) in [6.45, 7) is 2.37. The number of hydrogen-bond donors (Lipinski definition) is 2. The fourth-order valence-corrected chi connectivity index (χ4v) is 5.05. The molecular weight excluding hydrogens is 450 g/mol. The van der Waals surface area contributed by atoms with E-state index in [-0.39, 0.29) is 37.5 Å². The van der Waals surface area contributed by atoms with E-state index < -0.39 is 11.9 Å². The zero-order chi connectivity index (χ0) is 24.5. The molecule has 0 amide bonds. The van der Waals surface area contributed by atoms with Crippen LogP contribution < -0.4 is 14.8 Å². The predicted molar refractivity (Wildman–Crippen MR) is 126 cm³/mol. The molecule has 2 aromatic rings. The Morgan fingerprint density at radius 1 is 1.09 bits per heavy atom. The maximum absolute atomic E-state index is 13.6. The van der Waals surface area contributed by atoms with E-state index >= 15 is 0 Å². The van der Waals surface area contributed by atoms with Crippen molar-refractivity contribution in [3.8, 4) is 17.2 Å². The van der Waals surface area contributed by atoms with Gasteiger partial charge in [-0.2, -0.15) is 0 Å². The summed E-state index contributed by atoms with van der Waals surface area (Å²) in [6.07, 6.45) is 0.889. The SMILES string of the molecule is COCCOC(=O)C1=C(C)NC2=C(C(=O)CC(c3ccc4c(c3)OCO4)C2)C1c1cccc(O)c1. The Kier molecular flexibility index (Phi) is 6.21. The molecule has 35 heavy (non-hydrogen) atoms. The first kappa shape index (κ1) is 23.0. The Labute approximate surface area is 203 Å². The van der Waals surface area contributed by atoms with E-state index in [1.807, 2.05) is 24.3 Å². The number of phenolic OH excluding ortho intramolecular Hbond substituents is 1. The van der Waals surface area contributed by atoms with E-state index in [2.05, 4.69) is 5.32 Å². The van der Waals surface area contributed by atoms with Crippen LogP contribution in [0.4, 0.5) is 0 Å². The third kappa shape index (κ3) is 4.37. The maximum atomic E-state index is 13.6. The Hall–Kier alpha value is -3.78. The highest BCUT2D eigenvalue weighted by molar-refractivity contribution is 6.04. The molecule has 0 saturated heterocycles. The molecular formula is C27H27NO7. The van der Waals surface area contributed by atoms with Crippen molar-refractivity contribution < 1.29 is 33.6 Å². The van der Waals surface area contributed by atoms with Crippen LogP contribution in [-0.2, 0) is 19.1 Å². The highest BCUT2D eigenvalue weighted by atomic mass is 16.7. The first-order valence-corrected chi connectivity index (χ1v) is 11.5. The number of phenols is 1. The lowest BCUT2D eigenvalue weighted by Gasteiger charge is -2.36. The van der Waals surface area contributed by atoms with Crippen LogP contribution in [0.3, 0.4) is 0 Å². The van der Waals surface area contributed by atoms with Crippen LogP contribution in [0.2, 0.25) is 0 Å². The van der Waals surface area contributed by atoms with Gasteiger partial charge in [0.05, 0.1) is 12.2 Å². The normalized spacial score (nSPS) is 21.0. The summed E-state index contributed by atoms with van der Waals surface area (Å²) >= 11 is 0. The smallest absolute Gasteiger partial charge is 0.336 e. The Balaban J connectivity index is 1.52. The molecule has 0 aromatic heterocycles. The van der Waals surface area contributed by atoms with Crippen LogP contribution in [0.5, 0.6) is 17.2 Å². The molecule has 0 fully saturated rings. The topological polar surface area (TPSA) is 103 Å². The highest BCUT2D eigenvalue weighted by Gasteiger charge is 2.41. The van der Waals surface area contributed by atoms with Gasteiger partial charge in [-0.3, -0.25) is 4.79 Å². The molecule has 0 radical (unpaired) electrons. The molecule has 0 spiro atoms. The van der Waals surface area contributed by atoms with Crippen molar-refractivity contribution in [1.29, 1.82) is 0 Å². The van der Waals surface area contributed by atoms with Gasteiger partial charge in [0, 0.05) is 36.4 Å². The van der Waals surface area contributed by atoms with Crippen molar-refractivity contribution >= 4 is 11.8 Å². The fraction of sp³-hybridized carbons (Fsp3) is 0.333. The van der Waals surface area contributed by atoms with Gasteiger partial charge in [0.25, 0.3) is 0 Å². The largest absolute Gasteiger partial charge is 0.508 e. The molecule has 182 valence electrons. The number of ether oxygens (including phenoxy) is 4. The number of ketones is 1. The zero-order valence-electron chi connectivity index (χ0n) is 19.6. The summed E-state index contributed by atoms with van der Waals surface area (Å²) < 4.78 is 21.4. The van der Waals surface area contributed by atoms with Gasteiger partial charge in [0.15, 0.2) is 17.3 Å². The summed E-state index contributed by atoms with van der Waals surface area (Å²) in [5, 5.41) is 13.5. The van der Waals surface area contributed by atoms with Crippen molar-refractivity contribution in [2.24, 2.45) is 0 Å². The minimum atomic E-state index is -0.640. The predicted octanol–water partition coefficient (Wildman–Crippen LogP) is 3.67. The van der Waals surface area contributed by atoms with Gasteiger partial charge in [-0.25, -0.2) is 4.79 Å². The van der Waals surface area contributed by atoms with E-state index in [9.17, 15) is 14.7 Å². The van der Waals surface area contributed by atoms with Crippen LogP contribution in [0.1, 0.15) is 42.7 Å². The van der Waals surface area contributed by atoms with Gasteiger partial charge >= 0.3 is 5.97 Å². The van der Waals surface area contributed by atoms with Crippen LogP contribution >= 0.6 is 0 Å². The number of fused-ring (bicyclic) bond motifs is 1. The standard InChI is InChI=1S/C27H27NO7/c1-15-24(27(31)33-9-8-32-2)25(17-4-3-5-19(29)10-17)26-20(28-15)11-18(12-21(26)30)16-6-7-22-23(13-16)35-14-34-22/h3-7,10,13,18,25,28-29H,8-9,11-12,14H2,1-2H3. The van der Waals surface area contributed by atoms with Crippen LogP contribution in [0.25, 0.3) is 0 Å². The number of nitrogens with one attached hydrogen (secondary N) is 1. The number of aromatic hydroxyl groups is 1. The second kappa shape index (κ2) is 9.46. The van der Waals surface area contributed by atoms with Gasteiger partial charge in [-0.05, 0) is 54.7 Å². The molecule has 3 aliphatic rings. The molecule has 1 aliphatic carbocycles. The van der Waals surface area contributed by atoms with E-state index in [0.29, 0.717) is 46.7 Å². The second-order valence-corrected chi connectivity index (χ2v) is 8.85. The number of benzene rings is 2. The molecule has 8 nitrogen and oxygen atoms in total. The van der Waals surface area contributed by atoms with Crippen LogP contribution in [0, 0.1) is 0 Å². The van der Waals surface area contributed by atoms with Crippen molar-refractivity contribution in [2.75, 3.05) is 27.1 Å². The van der Waals surface area contributed by atoms with Crippen molar-refractivity contribution in [2.45, 2.75) is 31.6 Å². The van der Waals surface area contributed by atoms with E-state index in [4.69, 9.17) is 18.9 Å². The molecule has 0 bridgehead atoms. The third-order valence-corrected chi connectivity index (χ3v) is 6.64. The van der Waals surface area contributed by atoms with E-state index in [0.717, 1.165) is 11.3 Å². The van der Waals surface area contributed by atoms with Gasteiger partial charge < -0.3 is 29.4 Å². The van der Waals surface area contributed by atoms with Crippen molar-refractivity contribution in [3.05, 3.63) is 76.1 Å². The third-order valence-electron chi connectivity index (χ3n) is 6.64. The molecule has 8 heteroatoms. The number of hydrogen-bond acceptors (Lipinski definition) is 8. The Morgan fingerprint density at radius 2 is 1.91 bits per heavy atom. The number of allylic oxidation sites excluding steroid dienone is 3. The molecule has 0 saturated carbocycles. The number of methoxy groups -OCH3 is 1. The minimum absolute atomic E-state index is 0.0453. The summed E-state index contributed by atoms with van der Waals surface area (Å²) in [6, 6.07) is 12.4. The quantitative estimate of drug-likeness (QED) is 0.480. The lowest BCUT2D eigenvalue weighted by Crippen LogP contribution is -2.36. The highest BCUT2D eigenvalue weighted by Crippen LogP contribution is 2.47. The van der Waals surface area contributed by atoms with Crippen molar-refractivity contribution in [3.63, 3.8) is 0 Å². The van der Waals surface area contributed by atoms with E-state index in [1.165, 1.54) is 7.11 Å². The van der Waals surface area contributed by atoms with Crippen LogP contribution in [-0.4, -0.2) is 44.0 Å². The molecule has 5 rings (SSSR count). The lowest BCUT2D eigenvalue weighted by atomic mass is 9.71. The number of dihydropyridines is 1. The van der Waals surface area contributed by atoms with Gasteiger partial charge in [0.1, 0.15) is 12.4 Å². The number of carbonyl (C=O) groups is 2. The fourth-order valence-electron chi connectivity index (χ4n) is 5.05. The molecule has 2 unspecified atom stereocenters. The Morgan fingerprint density at radius 3 is 2.71 bits per heavy atom. The van der Waals surface area contributed by atoms with Crippen molar-refractivity contribution in [1.82, 2.24) is 5.32 Å². The average Bonchev–Trinajstić information content (AvgIpc) is 3.31. The summed E-state index contributed by atoms with van der Waals surface area (Å²) in [5.41, 5.74) is 3.96. The molecule has 2 aromatic carbocycles. The lowest BCUT2D eigenvalue weighted by molar-refractivity contribution is -0.140. The molecule has 2 heterocycles. The first-order chi connectivity index (χ1) is 17.0. The average molecular weight is 478 g/mol. The second-order valence-electron chi connectivity index (χ2n) is 8.85. The van der Waals surface area contributed by atoms with E-state index in [1.54, 1.807) is 25.1 Å². The maximum Gasteiger partial charge on any atom is 0.336 e. The van der Waals surface area contributed by atoms with Crippen LogP contribution in [0.15, 0.2) is 65.0 Å². The Bertz CT molecular complexity index is 1250. The minimum Gasteiger partial charge on any atom is -0.508 e. The summed E-state index contributed by atoms with van der Waals surface area (Å²) in [7, 11) is 1.53. The first-order valence-electron chi connectivity index (χ1n) is 11.5. The molecule has 2 N–H and O–H groups in total. The monoisotopic (exact) mass is 477 g/mol. The van der Waals surface area contributed by atoms with Gasteiger partial charge in [0.2, 0.25) is 6.79 Å². The number of esters is 1. The number of rotatable bonds is 6. The molecule has 2 atom stereocenters. The zero-order valence-corrected chi connectivity index (χ0v) is 19.6. The van der Waals surface area contributed by atoms with Gasteiger partial charge in [-0.1, -0.05) is 18.2 Å². The molecule has 2 aliphatic heterocycles. The number of carbonyl (C=O) groups excluding carboxylic acids is 2. The number of Topliss-reactive ketones (excluding diaryl/α,β-unsaturated/α-hetero) is 1. The van der Waals surface area contributed by atoms with Gasteiger partial charge in [-0.15, -0.1) is 0 Å². The summed E-state index contributed by atoms with van der Waals surface area (Å²) in [5.74, 6) is 0.193. The summed E-state index contributed by atoms with van der Waals surface area (Å²) in [4.78, 5) is 26.8.